The Kier molecular flexibility index (Phi) is 4.05. The van der Waals surface area contributed by atoms with Gasteiger partial charge in [0, 0.05) is 13.5 Å². The molecule has 0 aromatic rings. The van der Waals surface area contributed by atoms with Crippen LogP contribution in [-0.2, 0) is 4.79 Å². The van der Waals surface area contributed by atoms with Crippen molar-refractivity contribution in [1.29, 1.82) is 0 Å². The second-order valence-electron chi connectivity index (χ2n) is 1.88. The number of carbonyl (C=O) groups excluding carboxylic acids is 1. The number of amides is 1. The second-order valence-corrected chi connectivity index (χ2v) is 1.88. The average molecular weight is 130 g/mol. The molecule has 0 saturated carbocycles. The highest BCUT2D eigenvalue weighted by molar-refractivity contribution is 5.72. The van der Waals surface area contributed by atoms with Gasteiger partial charge in [-0.2, -0.15) is 0 Å². The lowest BCUT2D eigenvalue weighted by atomic mass is 10.3. The van der Waals surface area contributed by atoms with Gasteiger partial charge in [-0.05, 0) is 6.42 Å². The summed E-state index contributed by atoms with van der Waals surface area (Å²) in [6, 6.07) is 0. The number of nitrogens with one attached hydrogen (secondary N) is 1. The maximum Gasteiger partial charge on any atom is 0.216 e. The summed E-state index contributed by atoms with van der Waals surface area (Å²) in [5.41, 5.74) is 0. The van der Waals surface area contributed by atoms with Crippen LogP contribution in [-0.4, -0.2) is 23.7 Å². The van der Waals surface area contributed by atoms with Crippen LogP contribution >= 0.6 is 0 Å². The van der Waals surface area contributed by atoms with Crippen LogP contribution in [0.15, 0.2) is 0 Å². The SMILES string of the molecule is [CH2]CC(O)CNC(C)=O. The Hall–Kier alpha value is -0.570. The quantitative estimate of drug-likeness (QED) is 0.551. The first-order valence-corrected chi connectivity index (χ1v) is 2.88. The zero-order valence-electron chi connectivity index (χ0n) is 5.55. The van der Waals surface area contributed by atoms with Crippen molar-refractivity contribution in [1.82, 2.24) is 5.32 Å². The standard InChI is InChI=1S/C6H12NO2/c1-3-6(9)4-7-5(2)8/h6,9H,1,3-4H2,2H3,(H,7,8). The van der Waals surface area contributed by atoms with E-state index in [4.69, 9.17) is 5.11 Å². The number of hydrogen-bond donors (Lipinski definition) is 2. The van der Waals surface area contributed by atoms with Gasteiger partial charge in [0.1, 0.15) is 0 Å². The first-order chi connectivity index (χ1) is 4.16. The van der Waals surface area contributed by atoms with E-state index in [2.05, 4.69) is 12.2 Å². The van der Waals surface area contributed by atoms with Crippen LogP contribution in [0, 0.1) is 6.92 Å². The fourth-order valence-corrected chi connectivity index (χ4v) is 0.364. The van der Waals surface area contributed by atoms with Crippen molar-refractivity contribution in [2.24, 2.45) is 0 Å². The number of carbonyl (C=O) groups is 1. The monoisotopic (exact) mass is 130 g/mol. The number of rotatable bonds is 3. The third-order valence-electron chi connectivity index (χ3n) is 0.920. The van der Waals surface area contributed by atoms with Crippen molar-refractivity contribution in [3.05, 3.63) is 6.92 Å². The molecule has 0 aliphatic rings. The van der Waals surface area contributed by atoms with E-state index in [0.717, 1.165) is 0 Å². The molecule has 1 atom stereocenters. The fraction of sp³-hybridized carbons (Fsp3) is 0.667. The molecule has 1 unspecified atom stereocenters. The van der Waals surface area contributed by atoms with E-state index in [1.807, 2.05) is 0 Å². The predicted octanol–water partition coefficient (Wildman–Crippen LogP) is -0.292. The van der Waals surface area contributed by atoms with Gasteiger partial charge >= 0.3 is 0 Å². The molecule has 3 nitrogen and oxygen atoms in total. The van der Waals surface area contributed by atoms with Crippen LogP contribution in [0.25, 0.3) is 0 Å². The van der Waals surface area contributed by atoms with Gasteiger partial charge in [-0.1, -0.05) is 6.92 Å². The van der Waals surface area contributed by atoms with Gasteiger partial charge in [0.05, 0.1) is 6.10 Å². The molecule has 0 aromatic carbocycles. The Morgan fingerprint density at radius 2 is 2.44 bits per heavy atom. The maximum atomic E-state index is 10.2. The third-order valence-corrected chi connectivity index (χ3v) is 0.920. The molecular formula is C6H12NO2. The molecule has 1 amide bonds. The first kappa shape index (κ1) is 8.43. The van der Waals surface area contributed by atoms with Crippen LogP contribution in [0.4, 0.5) is 0 Å². The predicted molar refractivity (Wildman–Crippen MR) is 34.7 cm³/mol. The molecule has 0 saturated heterocycles. The minimum Gasteiger partial charge on any atom is -0.391 e. The molecule has 53 valence electrons. The van der Waals surface area contributed by atoms with E-state index in [9.17, 15) is 4.79 Å². The lowest BCUT2D eigenvalue weighted by molar-refractivity contribution is -0.119. The lowest BCUT2D eigenvalue weighted by Crippen LogP contribution is -2.29. The summed E-state index contributed by atoms with van der Waals surface area (Å²) in [5, 5.41) is 11.3. The Morgan fingerprint density at radius 3 is 2.78 bits per heavy atom. The van der Waals surface area contributed by atoms with Crippen molar-refractivity contribution in [2.45, 2.75) is 19.4 Å². The van der Waals surface area contributed by atoms with E-state index in [0.29, 0.717) is 13.0 Å². The number of aliphatic hydroxyl groups excluding tert-OH is 1. The molecule has 1 radical (unpaired) electrons. The molecule has 0 bridgehead atoms. The van der Waals surface area contributed by atoms with Gasteiger partial charge in [0.15, 0.2) is 0 Å². The summed E-state index contributed by atoms with van der Waals surface area (Å²) in [6.45, 7) is 5.18. The molecular weight excluding hydrogens is 118 g/mol. The Morgan fingerprint density at radius 1 is 1.89 bits per heavy atom. The van der Waals surface area contributed by atoms with E-state index in [-0.39, 0.29) is 5.91 Å². The summed E-state index contributed by atoms with van der Waals surface area (Å²) in [5.74, 6) is -0.123. The second kappa shape index (κ2) is 4.32. The van der Waals surface area contributed by atoms with Crippen LogP contribution in [0.1, 0.15) is 13.3 Å². The highest BCUT2D eigenvalue weighted by Crippen LogP contribution is 1.84. The fourth-order valence-electron chi connectivity index (χ4n) is 0.364. The van der Waals surface area contributed by atoms with Crippen LogP contribution < -0.4 is 5.32 Å². The Balaban J connectivity index is 3.16. The number of hydrogen-bond acceptors (Lipinski definition) is 2. The zero-order chi connectivity index (χ0) is 7.28. The average Bonchev–Trinajstić information content (AvgIpc) is 1.83. The molecule has 3 heteroatoms. The van der Waals surface area contributed by atoms with Crippen molar-refractivity contribution < 1.29 is 9.90 Å². The van der Waals surface area contributed by atoms with Gasteiger partial charge in [-0.25, -0.2) is 0 Å². The molecule has 0 heterocycles. The molecule has 0 fully saturated rings. The van der Waals surface area contributed by atoms with Crippen LogP contribution in [0.3, 0.4) is 0 Å². The highest BCUT2D eigenvalue weighted by atomic mass is 16.3. The van der Waals surface area contributed by atoms with Gasteiger partial charge in [-0.3, -0.25) is 4.79 Å². The summed E-state index contributed by atoms with van der Waals surface area (Å²) in [7, 11) is 0. The Labute approximate surface area is 55.1 Å². The van der Waals surface area contributed by atoms with Crippen LogP contribution in [0.2, 0.25) is 0 Å². The summed E-state index contributed by atoms with van der Waals surface area (Å²) in [6.07, 6.45) is -0.0748. The lowest BCUT2D eigenvalue weighted by Gasteiger charge is -2.06. The molecule has 0 aromatic heterocycles. The van der Waals surface area contributed by atoms with Crippen molar-refractivity contribution in [3.63, 3.8) is 0 Å². The molecule has 9 heavy (non-hydrogen) atoms. The van der Waals surface area contributed by atoms with Crippen molar-refractivity contribution in [3.8, 4) is 0 Å². The maximum absolute atomic E-state index is 10.2. The normalized spacial score (nSPS) is 12.8. The molecule has 2 N–H and O–H groups in total. The molecule has 0 rings (SSSR count). The van der Waals surface area contributed by atoms with Crippen LogP contribution in [0.5, 0.6) is 0 Å². The zero-order valence-corrected chi connectivity index (χ0v) is 5.55. The Bertz CT molecular complexity index is 93.1. The van der Waals surface area contributed by atoms with Gasteiger partial charge in [0.2, 0.25) is 5.91 Å². The minimum atomic E-state index is -0.506. The van der Waals surface area contributed by atoms with E-state index >= 15 is 0 Å². The molecule has 0 aliphatic heterocycles. The largest absolute Gasteiger partial charge is 0.391 e. The topological polar surface area (TPSA) is 49.3 Å². The first-order valence-electron chi connectivity index (χ1n) is 2.88. The van der Waals surface area contributed by atoms with Gasteiger partial charge < -0.3 is 10.4 Å². The molecule has 0 spiro atoms. The highest BCUT2D eigenvalue weighted by Gasteiger charge is 1.99. The van der Waals surface area contributed by atoms with E-state index in [1.165, 1.54) is 6.92 Å². The van der Waals surface area contributed by atoms with E-state index < -0.39 is 6.10 Å². The number of aliphatic hydroxyl groups is 1. The summed E-state index contributed by atoms with van der Waals surface area (Å²) >= 11 is 0. The summed E-state index contributed by atoms with van der Waals surface area (Å²) in [4.78, 5) is 10.2. The van der Waals surface area contributed by atoms with Crippen molar-refractivity contribution in [2.75, 3.05) is 6.54 Å². The summed E-state index contributed by atoms with van der Waals surface area (Å²) < 4.78 is 0. The van der Waals surface area contributed by atoms with E-state index in [1.54, 1.807) is 0 Å². The molecule has 0 aliphatic carbocycles. The van der Waals surface area contributed by atoms with Gasteiger partial charge in [-0.15, -0.1) is 0 Å². The third kappa shape index (κ3) is 5.30. The van der Waals surface area contributed by atoms with Gasteiger partial charge in [0.25, 0.3) is 0 Å². The minimum absolute atomic E-state index is 0.123. The smallest absolute Gasteiger partial charge is 0.216 e. The van der Waals surface area contributed by atoms with Crippen molar-refractivity contribution >= 4 is 5.91 Å².